The van der Waals surface area contributed by atoms with Crippen LogP contribution in [-0.4, -0.2) is 26.6 Å². The summed E-state index contributed by atoms with van der Waals surface area (Å²) in [6.07, 6.45) is 0.691. The van der Waals surface area contributed by atoms with Crippen molar-refractivity contribution >= 4 is 12.1 Å². The highest BCUT2D eigenvalue weighted by Crippen LogP contribution is 2.25. The minimum atomic E-state index is 0.635. The van der Waals surface area contributed by atoms with Gasteiger partial charge in [-0.3, -0.25) is 4.79 Å². The molecule has 0 aliphatic carbocycles. The zero-order valence-electron chi connectivity index (χ0n) is 9.96. The predicted octanol–water partition coefficient (Wildman–Crippen LogP) is 1.47. The Bertz CT molecular complexity index is 341. The summed E-state index contributed by atoms with van der Waals surface area (Å²) in [5.41, 5.74) is 2.87. The summed E-state index contributed by atoms with van der Waals surface area (Å²) in [5, 5.41) is 5.71. The fourth-order valence-electron chi connectivity index (χ4n) is 1.56. The van der Waals surface area contributed by atoms with Gasteiger partial charge in [0.15, 0.2) is 0 Å². The summed E-state index contributed by atoms with van der Waals surface area (Å²) in [6, 6.07) is 3.85. The van der Waals surface area contributed by atoms with Gasteiger partial charge in [0.1, 0.15) is 12.4 Å². The number of carbonyl (C=O) groups excluding carboxylic acids is 1. The van der Waals surface area contributed by atoms with Crippen LogP contribution in [0.15, 0.2) is 12.1 Å². The lowest BCUT2D eigenvalue weighted by molar-refractivity contribution is -0.105. The molecule has 4 heteroatoms. The van der Waals surface area contributed by atoms with Crippen molar-refractivity contribution in [3.05, 3.63) is 23.3 Å². The van der Waals surface area contributed by atoms with Crippen molar-refractivity contribution in [1.82, 2.24) is 5.32 Å². The van der Waals surface area contributed by atoms with E-state index in [9.17, 15) is 4.79 Å². The molecule has 0 fully saturated rings. The summed E-state index contributed by atoms with van der Waals surface area (Å²) in [7, 11) is 1.89. The summed E-state index contributed by atoms with van der Waals surface area (Å²) in [6.45, 7) is 5.34. The van der Waals surface area contributed by atoms with E-state index in [-0.39, 0.29) is 0 Å². The number of nitrogens with one attached hydrogen (secondary N) is 2. The van der Waals surface area contributed by atoms with Gasteiger partial charge < -0.3 is 15.4 Å². The third-order valence-electron chi connectivity index (χ3n) is 2.33. The Balaban J connectivity index is 2.78. The van der Waals surface area contributed by atoms with Crippen molar-refractivity contribution in [2.24, 2.45) is 0 Å². The van der Waals surface area contributed by atoms with E-state index in [1.54, 1.807) is 0 Å². The molecule has 0 aliphatic heterocycles. The Hall–Kier alpha value is -1.55. The standard InChI is InChI=1S/C12H18N2O2/c1-9-6-11(16-5-4-13-3)7-10(2)12(9)14-8-15/h6-8,13H,4-5H2,1-3H3,(H,14,15). The fourth-order valence-corrected chi connectivity index (χ4v) is 1.56. The Morgan fingerprint density at radius 3 is 2.44 bits per heavy atom. The summed E-state index contributed by atoms with van der Waals surface area (Å²) in [5.74, 6) is 0.835. The largest absolute Gasteiger partial charge is 0.492 e. The van der Waals surface area contributed by atoms with E-state index in [4.69, 9.17) is 4.74 Å². The minimum absolute atomic E-state index is 0.635. The van der Waals surface area contributed by atoms with E-state index >= 15 is 0 Å². The second-order valence-electron chi connectivity index (χ2n) is 3.65. The third-order valence-corrected chi connectivity index (χ3v) is 2.33. The van der Waals surface area contributed by atoms with Gasteiger partial charge in [0.2, 0.25) is 6.41 Å². The molecule has 2 N–H and O–H groups in total. The molecular weight excluding hydrogens is 204 g/mol. The molecule has 0 saturated carbocycles. The number of hydrogen-bond donors (Lipinski definition) is 2. The number of aryl methyl sites for hydroxylation is 2. The van der Waals surface area contributed by atoms with Crippen LogP contribution >= 0.6 is 0 Å². The van der Waals surface area contributed by atoms with E-state index in [2.05, 4.69) is 10.6 Å². The summed E-state index contributed by atoms with van der Waals surface area (Å²) < 4.78 is 5.56. The van der Waals surface area contributed by atoms with Crippen molar-refractivity contribution < 1.29 is 9.53 Å². The zero-order chi connectivity index (χ0) is 12.0. The number of carbonyl (C=O) groups is 1. The molecule has 88 valence electrons. The lowest BCUT2D eigenvalue weighted by atomic mass is 10.1. The van der Waals surface area contributed by atoms with Gasteiger partial charge in [0, 0.05) is 12.2 Å². The van der Waals surface area contributed by atoms with Gasteiger partial charge in [-0.15, -0.1) is 0 Å². The molecule has 0 aromatic heterocycles. The van der Waals surface area contributed by atoms with E-state index in [0.29, 0.717) is 13.0 Å². The van der Waals surface area contributed by atoms with Gasteiger partial charge in [-0.2, -0.15) is 0 Å². The molecule has 0 unspecified atom stereocenters. The van der Waals surface area contributed by atoms with Gasteiger partial charge in [-0.05, 0) is 44.2 Å². The van der Waals surface area contributed by atoms with Gasteiger partial charge >= 0.3 is 0 Å². The van der Waals surface area contributed by atoms with Crippen molar-refractivity contribution in [2.45, 2.75) is 13.8 Å². The topological polar surface area (TPSA) is 50.4 Å². The van der Waals surface area contributed by atoms with Crippen molar-refractivity contribution in [3.63, 3.8) is 0 Å². The smallest absolute Gasteiger partial charge is 0.211 e. The fraction of sp³-hybridized carbons (Fsp3) is 0.417. The second-order valence-corrected chi connectivity index (χ2v) is 3.65. The van der Waals surface area contributed by atoms with Crippen LogP contribution in [0.4, 0.5) is 5.69 Å². The zero-order valence-corrected chi connectivity index (χ0v) is 9.96. The first kappa shape index (κ1) is 12.5. The molecule has 0 bridgehead atoms. The molecule has 1 rings (SSSR count). The molecule has 0 aliphatic rings. The number of hydrogen-bond acceptors (Lipinski definition) is 3. The van der Waals surface area contributed by atoms with Crippen LogP contribution in [0.25, 0.3) is 0 Å². The average Bonchev–Trinajstić information content (AvgIpc) is 2.24. The number of ether oxygens (including phenoxy) is 1. The van der Waals surface area contributed by atoms with Crippen LogP contribution in [0.1, 0.15) is 11.1 Å². The number of anilines is 1. The van der Waals surface area contributed by atoms with E-state index in [1.165, 1.54) is 0 Å². The molecule has 16 heavy (non-hydrogen) atoms. The Kier molecular flexibility index (Phi) is 4.79. The predicted molar refractivity (Wildman–Crippen MR) is 65.0 cm³/mol. The molecule has 1 amide bonds. The van der Waals surface area contributed by atoms with Gasteiger partial charge in [-0.25, -0.2) is 0 Å². The molecule has 0 atom stereocenters. The Morgan fingerprint density at radius 2 is 1.94 bits per heavy atom. The average molecular weight is 222 g/mol. The molecule has 1 aromatic carbocycles. The van der Waals surface area contributed by atoms with Crippen LogP contribution in [-0.2, 0) is 4.79 Å². The maximum atomic E-state index is 10.4. The molecule has 1 aromatic rings. The monoisotopic (exact) mass is 222 g/mol. The number of amides is 1. The lowest BCUT2D eigenvalue weighted by Crippen LogP contribution is -2.16. The minimum Gasteiger partial charge on any atom is -0.492 e. The third kappa shape index (κ3) is 3.24. The first-order chi connectivity index (χ1) is 7.69. The maximum Gasteiger partial charge on any atom is 0.211 e. The first-order valence-electron chi connectivity index (χ1n) is 5.28. The van der Waals surface area contributed by atoms with Crippen molar-refractivity contribution in [1.29, 1.82) is 0 Å². The van der Waals surface area contributed by atoms with E-state index in [0.717, 1.165) is 29.1 Å². The van der Waals surface area contributed by atoms with Gasteiger partial charge in [0.05, 0.1) is 0 Å². The Labute approximate surface area is 96.0 Å². The second kappa shape index (κ2) is 6.12. The molecule has 0 radical (unpaired) electrons. The van der Waals surface area contributed by atoms with Crippen LogP contribution < -0.4 is 15.4 Å². The van der Waals surface area contributed by atoms with Crippen molar-refractivity contribution in [2.75, 3.05) is 25.5 Å². The van der Waals surface area contributed by atoms with Crippen LogP contribution in [0.5, 0.6) is 5.75 Å². The Morgan fingerprint density at radius 1 is 1.31 bits per heavy atom. The van der Waals surface area contributed by atoms with Crippen LogP contribution in [0.3, 0.4) is 0 Å². The first-order valence-corrected chi connectivity index (χ1v) is 5.28. The SMILES string of the molecule is CNCCOc1cc(C)c(NC=O)c(C)c1. The quantitative estimate of drug-likeness (QED) is 0.566. The molecular formula is C12H18N2O2. The van der Waals surface area contributed by atoms with Crippen molar-refractivity contribution in [3.8, 4) is 5.75 Å². The van der Waals surface area contributed by atoms with E-state index in [1.807, 2.05) is 33.0 Å². The lowest BCUT2D eigenvalue weighted by Gasteiger charge is -2.12. The molecule has 0 spiro atoms. The molecule has 4 nitrogen and oxygen atoms in total. The number of likely N-dealkylation sites (N-methyl/N-ethyl adjacent to an activating group) is 1. The molecule has 0 saturated heterocycles. The summed E-state index contributed by atoms with van der Waals surface area (Å²) in [4.78, 5) is 10.4. The highest BCUT2D eigenvalue weighted by molar-refractivity contribution is 5.76. The highest BCUT2D eigenvalue weighted by Gasteiger charge is 2.04. The molecule has 0 heterocycles. The van der Waals surface area contributed by atoms with Gasteiger partial charge in [0.25, 0.3) is 0 Å². The van der Waals surface area contributed by atoms with E-state index < -0.39 is 0 Å². The normalized spacial score (nSPS) is 9.94. The van der Waals surface area contributed by atoms with Gasteiger partial charge in [-0.1, -0.05) is 0 Å². The number of rotatable bonds is 6. The van der Waals surface area contributed by atoms with Crippen LogP contribution in [0.2, 0.25) is 0 Å². The number of benzene rings is 1. The maximum absolute atomic E-state index is 10.4. The summed E-state index contributed by atoms with van der Waals surface area (Å²) >= 11 is 0. The highest BCUT2D eigenvalue weighted by atomic mass is 16.5. The van der Waals surface area contributed by atoms with Crippen LogP contribution in [0, 0.1) is 13.8 Å².